The van der Waals surface area contributed by atoms with Gasteiger partial charge in [0.2, 0.25) is 12.2 Å². The van der Waals surface area contributed by atoms with Crippen LogP contribution >= 0.6 is 0 Å². The van der Waals surface area contributed by atoms with E-state index in [-0.39, 0.29) is 0 Å². The molecule has 0 aliphatic rings. The van der Waals surface area contributed by atoms with Crippen molar-refractivity contribution in [1.82, 2.24) is 0 Å². The minimum Gasteiger partial charge on any atom is -0.397 e. The van der Waals surface area contributed by atoms with Crippen molar-refractivity contribution in [3.8, 4) is 0 Å². The fourth-order valence-electron chi connectivity index (χ4n) is 1.92. The highest BCUT2D eigenvalue weighted by atomic mass is 16.1. The second-order valence-corrected chi connectivity index (χ2v) is 4.30. The van der Waals surface area contributed by atoms with Crippen molar-refractivity contribution in [2.45, 2.75) is 0 Å². The Kier molecular flexibility index (Phi) is 4.63. The normalized spacial score (nSPS) is 10.9. The summed E-state index contributed by atoms with van der Waals surface area (Å²) in [4.78, 5) is 27.8. The summed E-state index contributed by atoms with van der Waals surface area (Å²) in [6.45, 7) is 0. The molecule has 0 saturated heterocycles. The molecule has 2 aromatic carbocycles. The first kappa shape index (κ1) is 14.9. The molecule has 0 atom stereocenters. The molecule has 0 heterocycles. The van der Waals surface area contributed by atoms with Gasteiger partial charge in [0.25, 0.3) is 0 Å². The summed E-state index contributed by atoms with van der Waals surface area (Å²) in [7, 11) is 0. The number of hydrogen-bond donors (Lipinski definition) is 2. The van der Waals surface area contributed by atoms with Gasteiger partial charge in [0.1, 0.15) is 0 Å². The van der Waals surface area contributed by atoms with Crippen LogP contribution in [0.2, 0.25) is 0 Å². The summed E-state index contributed by atoms with van der Waals surface area (Å²) >= 11 is 0. The average molecular weight is 292 g/mol. The van der Waals surface area contributed by atoms with E-state index in [1.807, 2.05) is 0 Å². The lowest BCUT2D eigenvalue weighted by Gasteiger charge is -2.10. The monoisotopic (exact) mass is 292 g/mol. The number of isocyanates is 2. The van der Waals surface area contributed by atoms with Crippen molar-refractivity contribution in [2.75, 3.05) is 0 Å². The molecule has 0 unspecified atom stereocenters. The van der Waals surface area contributed by atoms with Gasteiger partial charge in [-0.05, 0) is 23.8 Å². The third-order valence-corrected chi connectivity index (χ3v) is 3.00. The lowest BCUT2D eigenvalue weighted by Crippen LogP contribution is -2.08. The van der Waals surface area contributed by atoms with Crippen LogP contribution in [0.4, 0.5) is 11.4 Å². The first-order valence-electron chi connectivity index (χ1n) is 6.28. The molecule has 0 fully saturated rings. The fraction of sp³-hybridized carbons (Fsp3) is 0. The zero-order valence-corrected chi connectivity index (χ0v) is 11.5. The quantitative estimate of drug-likeness (QED) is 0.512. The van der Waals surface area contributed by atoms with Crippen LogP contribution in [0, 0.1) is 0 Å². The van der Waals surface area contributed by atoms with Gasteiger partial charge in [-0.15, -0.1) is 0 Å². The Morgan fingerprint density at radius 2 is 1.45 bits per heavy atom. The van der Waals surface area contributed by atoms with Gasteiger partial charge in [0, 0.05) is 5.56 Å². The number of aliphatic imine (C=N–C) groups is 2. The molecule has 22 heavy (non-hydrogen) atoms. The lowest BCUT2D eigenvalue weighted by molar-refractivity contribution is 0.564. The van der Waals surface area contributed by atoms with Crippen molar-refractivity contribution < 1.29 is 9.59 Å². The van der Waals surface area contributed by atoms with Gasteiger partial charge in [-0.3, -0.25) is 0 Å². The van der Waals surface area contributed by atoms with E-state index >= 15 is 0 Å². The molecule has 0 aromatic heterocycles. The Morgan fingerprint density at radius 1 is 0.818 bits per heavy atom. The van der Waals surface area contributed by atoms with E-state index in [0.717, 1.165) is 0 Å². The topological polar surface area (TPSA) is 111 Å². The van der Waals surface area contributed by atoms with Crippen LogP contribution in [0.1, 0.15) is 11.1 Å². The number of nitrogens with zero attached hydrogens (tertiary/aromatic N) is 2. The van der Waals surface area contributed by atoms with Crippen LogP contribution < -0.4 is 11.5 Å². The van der Waals surface area contributed by atoms with Crippen molar-refractivity contribution in [3.63, 3.8) is 0 Å². The van der Waals surface area contributed by atoms with Crippen LogP contribution in [0.5, 0.6) is 0 Å². The average Bonchev–Trinajstić information content (AvgIpc) is 2.55. The largest absolute Gasteiger partial charge is 0.397 e. The summed E-state index contributed by atoms with van der Waals surface area (Å²) in [5.41, 5.74) is 14.8. The van der Waals surface area contributed by atoms with Crippen molar-refractivity contribution >= 4 is 34.9 Å². The number of benzene rings is 2. The summed E-state index contributed by atoms with van der Waals surface area (Å²) in [5.74, 6) is 0. The van der Waals surface area contributed by atoms with E-state index in [0.29, 0.717) is 33.9 Å². The van der Waals surface area contributed by atoms with Crippen LogP contribution in [0.15, 0.2) is 58.5 Å². The van der Waals surface area contributed by atoms with Crippen molar-refractivity contribution in [3.05, 3.63) is 59.7 Å². The number of rotatable bonds is 4. The van der Waals surface area contributed by atoms with E-state index in [1.54, 1.807) is 48.5 Å². The third-order valence-electron chi connectivity index (χ3n) is 3.00. The van der Waals surface area contributed by atoms with E-state index in [2.05, 4.69) is 9.98 Å². The van der Waals surface area contributed by atoms with Gasteiger partial charge in [0.05, 0.1) is 22.8 Å². The van der Waals surface area contributed by atoms with Gasteiger partial charge in [-0.1, -0.05) is 30.3 Å². The molecule has 6 heteroatoms. The Morgan fingerprint density at radius 3 is 2.09 bits per heavy atom. The van der Waals surface area contributed by atoms with Gasteiger partial charge in [-0.2, -0.15) is 9.98 Å². The second kappa shape index (κ2) is 6.81. The van der Waals surface area contributed by atoms with Gasteiger partial charge < -0.3 is 11.5 Å². The number of nitrogens with two attached hydrogens (primary N) is 2. The van der Waals surface area contributed by atoms with E-state index in [9.17, 15) is 9.59 Å². The molecular weight excluding hydrogens is 280 g/mol. The van der Waals surface area contributed by atoms with Crippen molar-refractivity contribution in [1.29, 1.82) is 0 Å². The van der Waals surface area contributed by atoms with Gasteiger partial charge >= 0.3 is 0 Å². The SMILES string of the molecule is N/C(=C(/N)c1ccccc1N=C=O)c1ccc(N=C=O)cc1. The maximum atomic E-state index is 10.5. The zero-order chi connectivity index (χ0) is 15.9. The molecule has 0 amide bonds. The Balaban J connectivity index is 2.49. The summed E-state index contributed by atoms with van der Waals surface area (Å²) in [6, 6.07) is 13.5. The van der Waals surface area contributed by atoms with E-state index in [1.165, 1.54) is 12.2 Å². The Bertz CT molecular complexity index is 812. The molecule has 0 aliphatic heterocycles. The van der Waals surface area contributed by atoms with Crippen LogP contribution in [-0.2, 0) is 9.59 Å². The summed E-state index contributed by atoms with van der Waals surface area (Å²) in [6.07, 6.45) is 2.95. The number of para-hydroxylation sites is 1. The molecule has 4 N–H and O–H groups in total. The van der Waals surface area contributed by atoms with E-state index in [4.69, 9.17) is 11.5 Å². The molecule has 0 saturated carbocycles. The van der Waals surface area contributed by atoms with Crippen LogP contribution in [0.25, 0.3) is 11.4 Å². The molecule has 2 aromatic rings. The fourth-order valence-corrected chi connectivity index (χ4v) is 1.92. The molecule has 0 spiro atoms. The summed E-state index contributed by atoms with van der Waals surface area (Å²) in [5, 5.41) is 0. The van der Waals surface area contributed by atoms with Crippen LogP contribution in [0.3, 0.4) is 0 Å². The zero-order valence-electron chi connectivity index (χ0n) is 11.5. The first-order valence-corrected chi connectivity index (χ1v) is 6.28. The van der Waals surface area contributed by atoms with Crippen LogP contribution in [-0.4, -0.2) is 12.2 Å². The molecule has 0 aliphatic carbocycles. The molecule has 6 nitrogen and oxygen atoms in total. The highest BCUT2D eigenvalue weighted by Gasteiger charge is 2.09. The Labute approximate surface area is 126 Å². The molecule has 2 rings (SSSR count). The molecule has 0 bridgehead atoms. The second-order valence-electron chi connectivity index (χ2n) is 4.30. The molecule has 0 radical (unpaired) electrons. The minimum absolute atomic E-state index is 0.293. The highest BCUT2D eigenvalue weighted by molar-refractivity contribution is 5.91. The highest BCUT2D eigenvalue weighted by Crippen LogP contribution is 2.27. The smallest absolute Gasteiger partial charge is 0.240 e. The molecular formula is C16H12N4O2. The van der Waals surface area contributed by atoms with Crippen molar-refractivity contribution in [2.24, 2.45) is 21.5 Å². The third kappa shape index (κ3) is 3.16. The predicted octanol–water partition coefficient (Wildman–Crippen LogP) is 2.36. The minimum atomic E-state index is 0.293. The maximum absolute atomic E-state index is 10.5. The lowest BCUT2D eigenvalue weighted by atomic mass is 10.0. The molecule has 108 valence electrons. The number of carbonyl (C=O) groups excluding carboxylic acids is 2. The maximum Gasteiger partial charge on any atom is 0.240 e. The van der Waals surface area contributed by atoms with E-state index < -0.39 is 0 Å². The summed E-state index contributed by atoms with van der Waals surface area (Å²) < 4.78 is 0. The first-order chi connectivity index (χ1) is 10.7. The number of hydrogen-bond acceptors (Lipinski definition) is 6. The van der Waals surface area contributed by atoms with Gasteiger partial charge in [0.15, 0.2) is 0 Å². The standard InChI is InChI=1S/C16H12N4O2/c17-15(11-5-7-12(8-6-11)19-9-21)16(18)13-3-1-2-4-14(13)20-10-22/h1-8H,17-18H2/b16-15+. The Hall–Kier alpha value is -3.46. The van der Waals surface area contributed by atoms with Gasteiger partial charge in [-0.25, -0.2) is 9.59 Å². The predicted molar refractivity (Wildman–Crippen MR) is 83.6 cm³/mol.